The number of hydrogen-bond donors (Lipinski definition) is 1. The van der Waals surface area contributed by atoms with Crippen molar-refractivity contribution in [2.45, 2.75) is 0 Å². The fourth-order valence-electron chi connectivity index (χ4n) is 1.17. The first-order valence-corrected chi connectivity index (χ1v) is 4.35. The van der Waals surface area contributed by atoms with Crippen LogP contribution in [-0.4, -0.2) is 20.7 Å². The number of nitrogens with zero attached hydrogens (tertiary/aromatic N) is 2. The Morgan fingerprint density at radius 2 is 2.23 bits per heavy atom. The Labute approximate surface area is 81.9 Å². The lowest BCUT2D eigenvalue weighted by molar-refractivity contribution is 0.0698. The van der Waals surface area contributed by atoms with Crippen molar-refractivity contribution in [3.05, 3.63) is 34.6 Å². The Morgan fingerprint density at radius 1 is 1.46 bits per heavy atom. The largest absolute Gasteiger partial charge is 0.478 e. The van der Waals surface area contributed by atoms with Crippen LogP contribution < -0.4 is 0 Å². The van der Waals surface area contributed by atoms with Gasteiger partial charge in [0.2, 0.25) is 0 Å². The predicted octanol–water partition coefficient (Wildman–Crippen LogP) is 1.79. The van der Waals surface area contributed by atoms with Crippen molar-refractivity contribution in [3.63, 3.8) is 0 Å². The van der Waals surface area contributed by atoms with Crippen molar-refractivity contribution in [3.8, 4) is 0 Å². The standard InChI is InChI=1S/C8H5BrN2O2/c9-7-2-1-5(8(12)13)6-3-4-10-11(6)7/h1-4H,(H,12,13). The van der Waals surface area contributed by atoms with Crippen LogP contribution in [0.2, 0.25) is 0 Å². The van der Waals surface area contributed by atoms with Crippen molar-refractivity contribution in [1.82, 2.24) is 9.61 Å². The summed E-state index contributed by atoms with van der Waals surface area (Å²) in [4.78, 5) is 10.8. The summed E-state index contributed by atoms with van der Waals surface area (Å²) in [5, 5.41) is 12.8. The molecule has 0 bridgehead atoms. The molecule has 66 valence electrons. The molecule has 4 nitrogen and oxygen atoms in total. The van der Waals surface area contributed by atoms with E-state index in [4.69, 9.17) is 5.11 Å². The van der Waals surface area contributed by atoms with Crippen molar-refractivity contribution in [2.24, 2.45) is 0 Å². The Balaban J connectivity index is 2.86. The molecule has 0 aromatic carbocycles. The van der Waals surface area contributed by atoms with Crippen LogP contribution >= 0.6 is 15.9 Å². The highest BCUT2D eigenvalue weighted by Gasteiger charge is 2.10. The second kappa shape index (κ2) is 2.85. The molecule has 1 N–H and O–H groups in total. The number of aromatic carboxylic acids is 1. The molecule has 0 aliphatic carbocycles. The molecule has 0 amide bonds. The monoisotopic (exact) mass is 240 g/mol. The zero-order valence-corrected chi connectivity index (χ0v) is 8.02. The molecule has 0 fully saturated rings. The summed E-state index contributed by atoms with van der Waals surface area (Å²) in [6.45, 7) is 0. The fourth-order valence-corrected chi connectivity index (χ4v) is 1.58. The van der Waals surface area contributed by atoms with E-state index < -0.39 is 5.97 Å². The van der Waals surface area contributed by atoms with Gasteiger partial charge in [-0.05, 0) is 34.1 Å². The third kappa shape index (κ3) is 1.21. The zero-order valence-electron chi connectivity index (χ0n) is 6.44. The number of halogens is 1. The van der Waals surface area contributed by atoms with E-state index in [2.05, 4.69) is 21.0 Å². The lowest BCUT2D eigenvalue weighted by atomic mass is 10.2. The van der Waals surface area contributed by atoms with E-state index in [1.165, 1.54) is 4.52 Å². The predicted molar refractivity (Wildman–Crippen MR) is 49.9 cm³/mol. The molecule has 0 aliphatic heterocycles. The van der Waals surface area contributed by atoms with Gasteiger partial charge in [0.25, 0.3) is 0 Å². The van der Waals surface area contributed by atoms with Gasteiger partial charge in [0.05, 0.1) is 17.3 Å². The van der Waals surface area contributed by atoms with Gasteiger partial charge in [0, 0.05) is 0 Å². The highest BCUT2D eigenvalue weighted by molar-refractivity contribution is 9.10. The van der Waals surface area contributed by atoms with Crippen LogP contribution in [-0.2, 0) is 0 Å². The minimum absolute atomic E-state index is 0.251. The number of pyridine rings is 1. The van der Waals surface area contributed by atoms with Crippen molar-refractivity contribution < 1.29 is 9.90 Å². The van der Waals surface area contributed by atoms with Crippen LogP contribution in [0.15, 0.2) is 29.0 Å². The molecule has 5 heteroatoms. The van der Waals surface area contributed by atoms with Gasteiger partial charge in [-0.15, -0.1) is 0 Å². The SMILES string of the molecule is O=C(O)c1ccc(Br)n2nccc12. The first kappa shape index (κ1) is 8.25. The summed E-state index contributed by atoms with van der Waals surface area (Å²) in [5.74, 6) is -0.946. The van der Waals surface area contributed by atoms with Gasteiger partial charge in [-0.2, -0.15) is 5.10 Å². The smallest absolute Gasteiger partial charge is 0.337 e. The lowest BCUT2D eigenvalue weighted by Crippen LogP contribution is -2.00. The second-order valence-corrected chi connectivity index (χ2v) is 3.32. The molecular weight excluding hydrogens is 236 g/mol. The first-order chi connectivity index (χ1) is 6.20. The lowest BCUT2D eigenvalue weighted by Gasteiger charge is -2.00. The maximum absolute atomic E-state index is 10.8. The molecular formula is C8H5BrN2O2. The van der Waals surface area contributed by atoms with Crippen LogP contribution in [0.5, 0.6) is 0 Å². The fraction of sp³-hybridized carbons (Fsp3) is 0. The molecule has 13 heavy (non-hydrogen) atoms. The highest BCUT2D eigenvalue weighted by Crippen LogP contribution is 2.16. The Morgan fingerprint density at radius 3 is 2.92 bits per heavy atom. The van der Waals surface area contributed by atoms with E-state index in [1.54, 1.807) is 24.4 Å². The molecule has 2 heterocycles. The quantitative estimate of drug-likeness (QED) is 0.774. The van der Waals surface area contributed by atoms with Crippen LogP contribution in [0, 0.1) is 0 Å². The van der Waals surface area contributed by atoms with Gasteiger partial charge in [-0.25, -0.2) is 9.31 Å². The highest BCUT2D eigenvalue weighted by atomic mass is 79.9. The second-order valence-electron chi connectivity index (χ2n) is 2.50. The molecule has 0 atom stereocenters. The van der Waals surface area contributed by atoms with E-state index in [-0.39, 0.29) is 5.56 Å². The average Bonchev–Trinajstić information content (AvgIpc) is 2.53. The van der Waals surface area contributed by atoms with Gasteiger partial charge in [-0.1, -0.05) is 0 Å². The maximum atomic E-state index is 10.8. The number of aromatic nitrogens is 2. The normalized spacial score (nSPS) is 10.5. The summed E-state index contributed by atoms with van der Waals surface area (Å²) < 4.78 is 2.26. The Kier molecular flexibility index (Phi) is 1.81. The summed E-state index contributed by atoms with van der Waals surface area (Å²) in [7, 11) is 0. The molecule has 0 spiro atoms. The number of rotatable bonds is 1. The van der Waals surface area contributed by atoms with E-state index in [0.29, 0.717) is 5.52 Å². The van der Waals surface area contributed by atoms with E-state index in [1.807, 2.05) is 0 Å². The van der Waals surface area contributed by atoms with E-state index in [0.717, 1.165) is 4.60 Å². The van der Waals surface area contributed by atoms with Crippen LogP contribution in [0.25, 0.3) is 5.52 Å². The van der Waals surface area contributed by atoms with Gasteiger partial charge < -0.3 is 5.11 Å². The molecule has 0 saturated heterocycles. The average molecular weight is 241 g/mol. The van der Waals surface area contributed by atoms with Crippen LogP contribution in [0.3, 0.4) is 0 Å². The Hall–Kier alpha value is -1.36. The Bertz CT molecular complexity index is 478. The van der Waals surface area contributed by atoms with Crippen molar-refractivity contribution >= 4 is 27.4 Å². The minimum atomic E-state index is -0.946. The number of hydrogen-bond acceptors (Lipinski definition) is 2. The molecule has 2 rings (SSSR count). The minimum Gasteiger partial charge on any atom is -0.478 e. The van der Waals surface area contributed by atoms with Crippen LogP contribution in [0.1, 0.15) is 10.4 Å². The topological polar surface area (TPSA) is 54.6 Å². The summed E-state index contributed by atoms with van der Waals surface area (Å²) in [6, 6.07) is 4.86. The van der Waals surface area contributed by atoms with Crippen molar-refractivity contribution in [2.75, 3.05) is 0 Å². The molecule has 0 saturated carbocycles. The molecule has 0 aliphatic rings. The number of fused-ring (bicyclic) bond motifs is 1. The van der Waals surface area contributed by atoms with Gasteiger partial charge in [-0.3, -0.25) is 0 Å². The third-order valence-corrected chi connectivity index (χ3v) is 2.34. The summed E-state index contributed by atoms with van der Waals surface area (Å²) in [5.41, 5.74) is 0.836. The third-order valence-electron chi connectivity index (χ3n) is 1.74. The number of carboxylic acid groups (broad SMARTS) is 1. The zero-order chi connectivity index (χ0) is 9.42. The molecule has 0 unspecified atom stereocenters. The van der Waals surface area contributed by atoms with E-state index >= 15 is 0 Å². The summed E-state index contributed by atoms with van der Waals surface area (Å²) >= 11 is 3.27. The van der Waals surface area contributed by atoms with Gasteiger partial charge in [0.15, 0.2) is 0 Å². The molecule has 2 aromatic heterocycles. The van der Waals surface area contributed by atoms with E-state index in [9.17, 15) is 4.79 Å². The number of carboxylic acids is 1. The first-order valence-electron chi connectivity index (χ1n) is 3.55. The molecule has 2 aromatic rings. The van der Waals surface area contributed by atoms with Crippen molar-refractivity contribution in [1.29, 1.82) is 0 Å². The maximum Gasteiger partial charge on any atom is 0.337 e. The number of carbonyl (C=O) groups is 1. The van der Waals surface area contributed by atoms with Gasteiger partial charge >= 0.3 is 5.97 Å². The summed E-state index contributed by atoms with van der Waals surface area (Å²) in [6.07, 6.45) is 1.56. The van der Waals surface area contributed by atoms with Crippen LogP contribution in [0.4, 0.5) is 0 Å². The molecule has 0 radical (unpaired) electrons. The van der Waals surface area contributed by atoms with Gasteiger partial charge in [0.1, 0.15) is 4.60 Å².